The van der Waals surface area contributed by atoms with E-state index in [4.69, 9.17) is 9.52 Å². The molecule has 1 heterocycles. The van der Waals surface area contributed by atoms with E-state index in [1.165, 1.54) is 12.8 Å². The first kappa shape index (κ1) is 11.2. The molecule has 16 heavy (non-hydrogen) atoms. The Hall–Kier alpha value is -1.32. The highest BCUT2D eigenvalue weighted by molar-refractivity contribution is 5.85. The van der Waals surface area contributed by atoms with Crippen molar-refractivity contribution < 1.29 is 14.3 Å². The Balaban J connectivity index is 2.39. The standard InChI is InChI=1S/C12H17NO3/c1-3-8-9(10(14)15)16-11(13-8)12(2)6-4-5-7-12/h3-7H2,1-2H3,(H,14,15). The SMILES string of the molecule is CCc1nc(C2(C)CCCC2)oc1C(=O)O. The normalized spacial score (nSPS) is 18.9. The maximum Gasteiger partial charge on any atom is 0.373 e. The van der Waals surface area contributed by atoms with Crippen molar-refractivity contribution in [1.29, 1.82) is 0 Å². The zero-order valence-electron chi connectivity index (χ0n) is 9.75. The van der Waals surface area contributed by atoms with Gasteiger partial charge in [0.25, 0.3) is 0 Å². The number of rotatable bonds is 3. The third-order valence-electron chi connectivity index (χ3n) is 3.45. The molecule has 1 aliphatic rings. The summed E-state index contributed by atoms with van der Waals surface area (Å²) < 4.78 is 5.44. The van der Waals surface area contributed by atoms with Gasteiger partial charge < -0.3 is 9.52 Å². The van der Waals surface area contributed by atoms with Gasteiger partial charge in [0.2, 0.25) is 11.7 Å². The molecule has 0 aliphatic heterocycles. The van der Waals surface area contributed by atoms with E-state index in [2.05, 4.69) is 11.9 Å². The van der Waals surface area contributed by atoms with Crippen LogP contribution in [0.3, 0.4) is 0 Å². The first-order valence-electron chi connectivity index (χ1n) is 5.80. The molecule has 1 fully saturated rings. The van der Waals surface area contributed by atoms with Crippen LogP contribution in [0.15, 0.2) is 4.42 Å². The molecule has 0 saturated heterocycles. The average molecular weight is 223 g/mol. The second-order valence-corrected chi connectivity index (χ2v) is 4.72. The van der Waals surface area contributed by atoms with Crippen molar-refractivity contribution in [2.24, 2.45) is 0 Å². The lowest BCUT2D eigenvalue weighted by atomic mass is 9.89. The lowest BCUT2D eigenvalue weighted by Gasteiger charge is -2.18. The van der Waals surface area contributed by atoms with E-state index in [9.17, 15) is 4.79 Å². The van der Waals surface area contributed by atoms with Gasteiger partial charge in [0, 0.05) is 5.41 Å². The summed E-state index contributed by atoms with van der Waals surface area (Å²) in [5.41, 5.74) is 0.507. The van der Waals surface area contributed by atoms with Crippen molar-refractivity contribution in [2.45, 2.75) is 51.4 Å². The number of aromatic carboxylic acids is 1. The third kappa shape index (κ3) is 1.72. The third-order valence-corrected chi connectivity index (χ3v) is 3.45. The fraction of sp³-hybridized carbons (Fsp3) is 0.667. The number of oxazole rings is 1. The first-order valence-corrected chi connectivity index (χ1v) is 5.80. The first-order chi connectivity index (χ1) is 7.57. The van der Waals surface area contributed by atoms with Gasteiger partial charge in [-0.2, -0.15) is 0 Å². The van der Waals surface area contributed by atoms with Gasteiger partial charge in [-0.25, -0.2) is 9.78 Å². The molecule has 0 amide bonds. The number of carbonyl (C=O) groups is 1. The van der Waals surface area contributed by atoms with Gasteiger partial charge in [0.1, 0.15) is 0 Å². The molecule has 2 rings (SSSR count). The molecule has 88 valence electrons. The van der Waals surface area contributed by atoms with E-state index in [0.29, 0.717) is 18.0 Å². The predicted octanol–water partition coefficient (Wildman–Crippen LogP) is 2.77. The summed E-state index contributed by atoms with van der Waals surface area (Å²) in [4.78, 5) is 15.3. The highest BCUT2D eigenvalue weighted by Crippen LogP contribution is 2.40. The smallest absolute Gasteiger partial charge is 0.373 e. The summed E-state index contributed by atoms with van der Waals surface area (Å²) >= 11 is 0. The van der Waals surface area contributed by atoms with Gasteiger partial charge in [0.05, 0.1) is 5.69 Å². The second-order valence-electron chi connectivity index (χ2n) is 4.72. The molecule has 0 unspecified atom stereocenters. The van der Waals surface area contributed by atoms with Crippen molar-refractivity contribution in [3.05, 3.63) is 17.3 Å². The fourth-order valence-electron chi connectivity index (χ4n) is 2.39. The summed E-state index contributed by atoms with van der Waals surface area (Å²) in [6.07, 6.45) is 5.01. The van der Waals surface area contributed by atoms with E-state index >= 15 is 0 Å². The van der Waals surface area contributed by atoms with Crippen molar-refractivity contribution in [3.63, 3.8) is 0 Å². The van der Waals surface area contributed by atoms with Crippen molar-refractivity contribution in [2.75, 3.05) is 0 Å². The van der Waals surface area contributed by atoms with E-state index in [1.807, 2.05) is 6.92 Å². The Morgan fingerprint density at radius 1 is 1.50 bits per heavy atom. The van der Waals surface area contributed by atoms with E-state index in [0.717, 1.165) is 12.8 Å². The second kappa shape index (κ2) is 3.92. The van der Waals surface area contributed by atoms with Gasteiger partial charge in [-0.1, -0.05) is 26.7 Å². The van der Waals surface area contributed by atoms with Crippen LogP contribution in [0.2, 0.25) is 0 Å². The molecule has 0 radical (unpaired) electrons. The van der Waals surface area contributed by atoms with Crippen LogP contribution in [0, 0.1) is 0 Å². The Labute approximate surface area is 94.7 Å². The van der Waals surface area contributed by atoms with Crippen LogP contribution in [0.1, 0.15) is 61.7 Å². The minimum atomic E-state index is -1.02. The van der Waals surface area contributed by atoms with E-state index in [-0.39, 0.29) is 11.2 Å². The number of hydrogen-bond donors (Lipinski definition) is 1. The molecule has 1 aliphatic carbocycles. The van der Waals surface area contributed by atoms with Gasteiger partial charge in [0.15, 0.2) is 0 Å². The monoisotopic (exact) mass is 223 g/mol. The number of aryl methyl sites for hydroxylation is 1. The van der Waals surface area contributed by atoms with E-state index in [1.54, 1.807) is 0 Å². The fourth-order valence-corrected chi connectivity index (χ4v) is 2.39. The zero-order valence-corrected chi connectivity index (χ0v) is 9.75. The highest BCUT2D eigenvalue weighted by Gasteiger charge is 2.36. The Morgan fingerprint density at radius 2 is 2.12 bits per heavy atom. The summed E-state index contributed by atoms with van der Waals surface area (Å²) in [7, 11) is 0. The van der Waals surface area contributed by atoms with Crippen LogP contribution in [-0.2, 0) is 11.8 Å². The number of hydrogen-bond acceptors (Lipinski definition) is 3. The Kier molecular flexibility index (Phi) is 2.74. The summed E-state index contributed by atoms with van der Waals surface area (Å²) in [5, 5.41) is 9.00. The molecule has 1 aromatic rings. The van der Waals surface area contributed by atoms with Crippen LogP contribution in [0.25, 0.3) is 0 Å². The van der Waals surface area contributed by atoms with Gasteiger partial charge in [-0.3, -0.25) is 0 Å². The number of carboxylic acids is 1. The van der Waals surface area contributed by atoms with Crippen LogP contribution in [0.4, 0.5) is 0 Å². The van der Waals surface area contributed by atoms with Crippen molar-refractivity contribution in [1.82, 2.24) is 4.98 Å². The minimum Gasteiger partial charge on any atom is -0.475 e. The topological polar surface area (TPSA) is 63.3 Å². The quantitative estimate of drug-likeness (QED) is 0.855. The van der Waals surface area contributed by atoms with Gasteiger partial charge >= 0.3 is 5.97 Å². The van der Waals surface area contributed by atoms with Crippen LogP contribution < -0.4 is 0 Å². The zero-order chi connectivity index (χ0) is 11.8. The number of carboxylic acid groups (broad SMARTS) is 1. The lowest BCUT2D eigenvalue weighted by molar-refractivity contribution is 0.0656. The molecule has 4 nitrogen and oxygen atoms in total. The number of nitrogens with zero attached hydrogens (tertiary/aromatic N) is 1. The van der Waals surface area contributed by atoms with E-state index < -0.39 is 5.97 Å². The molecule has 0 aromatic carbocycles. The molecule has 0 spiro atoms. The molecule has 0 atom stereocenters. The van der Waals surface area contributed by atoms with Crippen LogP contribution in [0.5, 0.6) is 0 Å². The van der Waals surface area contributed by atoms with Crippen molar-refractivity contribution >= 4 is 5.97 Å². The number of aromatic nitrogens is 1. The Morgan fingerprint density at radius 3 is 2.56 bits per heavy atom. The highest BCUT2D eigenvalue weighted by atomic mass is 16.4. The average Bonchev–Trinajstić information content (AvgIpc) is 2.83. The predicted molar refractivity (Wildman–Crippen MR) is 58.7 cm³/mol. The van der Waals surface area contributed by atoms with Gasteiger partial charge in [-0.15, -0.1) is 0 Å². The maximum absolute atomic E-state index is 11.0. The molecule has 4 heteroatoms. The largest absolute Gasteiger partial charge is 0.475 e. The molecule has 1 saturated carbocycles. The van der Waals surface area contributed by atoms with Crippen molar-refractivity contribution in [3.8, 4) is 0 Å². The lowest BCUT2D eigenvalue weighted by Crippen LogP contribution is -2.17. The summed E-state index contributed by atoms with van der Waals surface area (Å²) in [6.45, 7) is 4.00. The summed E-state index contributed by atoms with van der Waals surface area (Å²) in [6, 6.07) is 0. The molecule has 0 bridgehead atoms. The molecular weight excluding hydrogens is 206 g/mol. The molecule has 1 N–H and O–H groups in total. The van der Waals surface area contributed by atoms with Crippen LogP contribution in [-0.4, -0.2) is 16.1 Å². The van der Waals surface area contributed by atoms with Crippen LogP contribution >= 0.6 is 0 Å². The maximum atomic E-state index is 11.0. The molecule has 1 aromatic heterocycles. The summed E-state index contributed by atoms with van der Waals surface area (Å²) in [5.74, 6) is -0.387. The Bertz CT molecular complexity index is 402. The minimum absolute atomic E-state index is 0.0191. The van der Waals surface area contributed by atoms with Gasteiger partial charge in [-0.05, 0) is 19.3 Å². The molecular formula is C12H17NO3.